The monoisotopic (exact) mass is 644 g/mol. The van der Waals surface area contributed by atoms with E-state index < -0.39 is 22.9 Å². The number of hydrogen-bond acceptors (Lipinski definition) is 0. The maximum Gasteiger partial charge on any atom is -1.00 e. The van der Waals surface area contributed by atoms with Crippen LogP contribution < -0.4 is 24.8 Å². The molecular weight excluding hydrogens is 622 g/mol. The van der Waals surface area contributed by atoms with Crippen LogP contribution in [0.1, 0.15) is 40.7 Å². The van der Waals surface area contributed by atoms with E-state index in [0.29, 0.717) is 7.35 Å². The first kappa shape index (κ1) is 23.5. The molecule has 0 bridgehead atoms. The van der Waals surface area contributed by atoms with E-state index in [9.17, 15) is 0 Å². The summed E-state index contributed by atoms with van der Waals surface area (Å²) in [5.41, 5.74) is 11.9. The second kappa shape index (κ2) is 9.11. The van der Waals surface area contributed by atoms with Gasteiger partial charge in [-0.15, -0.1) is 0 Å². The summed E-state index contributed by atoms with van der Waals surface area (Å²) in [6.07, 6.45) is 5.10. The second-order valence-corrected chi connectivity index (χ2v) is 14.3. The van der Waals surface area contributed by atoms with Gasteiger partial charge in [0.1, 0.15) is 0 Å². The minimum absolute atomic E-state index is 0. The van der Waals surface area contributed by atoms with E-state index in [1.165, 1.54) is 22.3 Å². The zero-order chi connectivity index (χ0) is 21.1. The van der Waals surface area contributed by atoms with Gasteiger partial charge in [0.25, 0.3) is 0 Å². The molecule has 0 nitrogen and oxygen atoms in total. The van der Waals surface area contributed by atoms with Crippen LogP contribution in [0, 0.1) is 0 Å². The molecule has 0 amide bonds. The molecule has 2 aliphatic carbocycles. The van der Waals surface area contributed by atoms with Crippen molar-refractivity contribution in [1.82, 2.24) is 0 Å². The summed E-state index contributed by atoms with van der Waals surface area (Å²) in [6, 6.07) is 40.9. The van der Waals surface area contributed by atoms with Crippen molar-refractivity contribution in [3.8, 4) is 0 Å². The summed E-state index contributed by atoms with van der Waals surface area (Å²) in [7, 11) is 0. The zero-order valence-electron chi connectivity index (χ0n) is 18.5. The third-order valence-corrected chi connectivity index (χ3v) is 14.3. The number of hydrogen-bond donors (Lipinski definition) is 0. The molecule has 164 valence electrons. The van der Waals surface area contributed by atoms with Crippen LogP contribution in [-0.2, 0) is 28.3 Å². The van der Waals surface area contributed by atoms with E-state index in [0.717, 1.165) is 0 Å². The van der Waals surface area contributed by atoms with Crippen molar-refractivity contribution >= 4 is 12.2 Å². The quantitative estimate of drug-likeness (QED) is 0.290. The van der Waals surface area contributed by atoms with Crippen LogP contribution in [0.4, 0.5) is 0 Å². The van der Waals surface area contributed by atoms with Gasteiger partial charge in [-0.25, -0.2) is 0 Å². The van der Waals surface area contributed by atoms with Gasteiger partial charge in [-0.2, -0.15) is 0 Å². The van der Waals surface area contributed by atoms with Gasteiger partial charge < -0.3 is 24.8 Å². The maximum absolute atomic E-state index is 2.55. The Hall–Kier alpha value is -2.19. The molecule has 1 aliphatic heterocycles. The van der Waals surface area contributed by atoms with Crippen molar-refractivity contribution in [1.29, 1.82) is 0 Å². The molecule has 3 aliphatic rings. The number of fused-ring (bicyclic) bond motifs is 6. The fourth-order valence-electron chi connectivity index (χ4n) is 6.20. The van der Waals surface area contributed by atoms with Crippen LogP contribution in [0.2, 0.25) is 0 Å². The molecule has 1 heterocycles. The van der Waals surface area contributed by atoms with Gasteiger partial charge >= 0.3 is 202 Å². The van der Waals surface area contributed by atoms with Crippen molar-refractivity contribution in [2.24, 2.45) is 0 Å². The second-order valence-electron chi connectivity index (χ2n) is 8.97. The zero-order valence-corrected chi connectivity index (χ0v) is 23.6. The average Bonchev–Trinajstić information content (AvgIpc) is 3.42. The Labute approximate surface area is 225 Å². The topological polar surface area (TPSA) is 0 Å². The van der Waals surface area contributed by atoms with Crippen LogP contribution >= 0.6 is 0 Å². The molecule has 0 N–H and O–H groups in total. The van der Waals surface area contributed by atoms with Gasteiger partial charge in [0.2, 0.25) is 0 Å². The molecule has 7 rings (SSSR count). The largest absolute Gasteiger partial charge is 1.00 e. The van der Waals surface area contributed by atoms with Crippen LogP contribution in [-0.4, -0.2) is 0 Å². The fraction of sp³-hybridized carbons (Fsp3) is 0.0968. The van der Waals surface area contributed by atoms with Gasteiger partial charge in [-0.05, 0) is 0 Å². The first-order valence-electron chi connectivity index (χ1n) is 11.4. The van der Waals surface area contributed by atoms with E-state index in [2.05, 4.69) is 121 Å². The summed E-state index contributed by atoms with van der Waals surface area (Å²) in [5, 5.41) is 0. The number of rotatable bonds is 2. The van der Waals surface area contributed by atoms with E-state index >= 15 is 0 Å². The van der Waals surface area contributed by atoms with Crippen molar-refractivity contribution < 1.29 is 47.7 Å². The molecule has 0 radical (unpaired) electrons. The van der Waals surface area contributed by atoms with Crippen molar-refractivity contribution in [2.75, 3.05) is 0 Å². The molecule has 3 heteroatoms. The molecule has 0 saturated carbocycles. The molecule has 0 aromatic heterocycles. The number of halogens is 2. The van der Waals surface area contributed by atoms with Gasteiger partial charge in [0.05, 0.1) is 0 Å². The predicted molar refractivity (Wildman–Crippen MR) is 128 cm³/mol. The summed E-state index contributed by atoms with van der Waals surface area (Å²) in [5.74, 6) is 0. The molecule has 4 aromatic rings. The smallest absolute Gasteiger partial charge is 1.00 e. The Kier molecular flexibility index (Phi) is 6.31. The summed E-state index contributed by atoms with van der Waals surface area (Å²) < 4.78 is 1.25. The summed E-state index contributed by atoms with van der Waals surface area (Å²) in [6.45, 7) is 0. The Bertz CT molecular complexity index is 1300. The minimum Gasteiger partial charge on any atom is -1.00 e. The summed E-state index contributed by atoms with van der Waals surface area (Å²) >= 11 is -1.11. The van der Waals surface area contributed by atoms with Crippen LogP contribution in [0.15, 0.2) is 120 Å². The standard InChI is InChI=1S/C31H22.2ClH.Hf/c1-3-15-27(16-4-1)31(28-17-5-2-6-18-28,29-19-23-11-7-8-12-24(23)20-29)30-21-25-13-9-10-14-26(25)22-30;;;/h1-22H;2*1H;/q;;;+2/p-2. The molecule has 1 fully saturated rings. The van der Waals surface area contributed by atoms with Crippen LogP contribution in [0.25, 0.3) is 12.2 Å². The minimum atomic E-state index is -1.11. The van der Waals surface area contributed by atoms with Crippen molar-refractivity contribution in [2.45, 2.75) is 12.8 Å². The Morgan fingerprint density at radius 1 is 0.471 bits per heavy atom. The Balaban J connectivity index is 0.00000120. The average molecular weight is 644 g/mol. The normalized spacial score (nSPS) is 19.9. The van der Waals surface area contributed by atoms with Gasteiger partial charge in [-0.3, -0.25) is 0 Å². The third-order valence-electron chi connectivity index (χ3n) is 7.47. The summed E-state index contributed by atoms with van der Waals surface area (Å²) in [4.78, 5) is 0. The third kappa shape index (κ3) is 3.21. The van der Waals surface area contributed by atoms with Gasteiger partial charge in [0, 0.05) is 0 Å². The SMILES string of the molecule is C1=C2[CH]([Hf+2][CH]3C(=Cc4ccccc43)C2(c2ccccc2)c2ccccc2)c2ccccc21.[Cl-].[Cl-]. The fourth-order valence-corrected chi connectivity index (χ4v) is 14.0. The van der Waals surface area contributed by atoms with Crippen molar-refractivity contribution in [3.63, 3.8) is 0 Å². The molecule has 34 heavy (non-hydrogen) atoms. The molecule has 2 atom stereocenters. The van der Waals surface area contributed by atoms with Crippen LogP contribution in [0.5, 0.6) is 0 Å². The van der Waals surface area contributed by atoms with E-state index in [1.54, 1.807) is 22.3 Å². The molecule has 4 aromatic carbocycles. The van der Waals surface area contributed by atoms with E-state index in [1.807, 2.05) is 0 Å². The predicted octanol–water partition coefficient (Wildman–Crippen LogP) is 1.35. The maximum atomic E-state index is 2.55. The van der Waals surface area contributed by atoms with E-state index in [4.69, 9.17) is 0 Å². The number of allylic oxidation sites excluding steroid dienone is 2. The van der Waals surface area contributed by atoms with Crippen molar-refractivity contribution in [3.05, 3.63) is 154 Å². The molecule has 2 unspecified atom stereocenters. The molecular formula is C31H22Cl2Hf. The van der Waals surface area contributed by atoms with Crippen LogP contribution in [0.3, 0.4) is 0 Å². The molecule has 1 saturated heterocycles. The first-order valence-corrected chi connectivity index (χ1v) is 15.5. The van der Waals surface area contributed by atoms with Gasteiger partial charge in [0.15, 0.2) is 0 Å². The number of benzene rings is 4. The van der Waals surface area contributed by atoms with Gasteiger partial charge in [-0.1, -0.05) is 0 Å². The van der Waals surface area contributed by atoms with E-state index in [-0.39, 0.29) is 30.2 Å². The molecule has 0 spiro atoms. The Morgan fingerprint density at radius 3 is 1.29 bits per heavy atom. The Morgan fingerprint density at radius 2 is 0.853 bits per heavy atom. The first-order chi connectivity index (χ1) is 15.9.